The fourth-order valence-electron chi connectivity index (χ4n) is 3.62. The number of fused-ring (bicyclic) bond motifs is 1. The number of rotatable bonds is 5. The topological polar surface area (TPSA) is 34.2 Å². The second-order valence-electron chi connectivity index (χ2n) is 6.95. The zero-order valence-corrected chi connectivity index (χ0v) is 14.6. The van der Waals surface area contributed by atoms with Gasteiger partial charge in [-0.1, -0.05) is 36.4 Å². The number of halogens is 1. The lowest BCUT2D eigenvalue weighted by Crippen LogP contribution is -2.39. The number of benzene rings is 1. The van der Waals surface area contributed by atoms with Crippen LogP contribution < -0.4 is 5.32 Å². The molecule has 0 amide bonds. The molecule has 1 saturated heterocycles. The molecule has 26 heavy (non-hydrogen) atoms. The average Bonchev–Trinajstić information content (AvgIpc) is 2.69. The molecule has 2 unspecified atom stereocenters. The van der Waals surface area contributed by atoms with Crippen molar-refractivity contribution >= 4 is 0 Å². The van der Waals surface area contributed by atoms with Gasteiger partial charge in [-0.15, -0.1) is 0 Å². The van der Waals surface area contributed by atoms with Crippen LogP contribution in [-0.4, -0.2) is 23.7 Å². The van der Waals surface area contributed by atoms with Crippen LogP contribution in [0.2, 0.25) is 0 Å². The summed E-state index contributed by atoms with van der Waals surface area (Å²) >= 11 is 0. The highest BCUT2D eigenvalue weighted by Crippen LogP contribution is 2.29. The molecule has 4 rings (SSSR count). The molecule has 2 heterocycles. The van der Waals surface area contributed by atoms with Crippen molar-refractivity contribution in [2.75, 3.05) is 6.54 Å². The van der Waals surface area contributed by atoms with Gasteiger partial charge in [-0.3, -0.25) is 4.98 Å². The lowest BCUT2D eigenvalue weighted by molar-refractivity contribution is -0.0456. The minimum absolute atomic E-state index is 0.224. The number of allylic oxidation sites excluding steroid dienone is 2. The number of hydrogen-bond donors (Lipinski definition) is 1. The Morgan fingerprint density at radius 3 is 2.77 bits per heavy atom. The second-order valence-corrected chi connectivity index (χ2v) is 6.95. The number of nitrogens with one attached hydrogen (secondary N) is 1. The molecule has 2 aromatic rings. The van der Waals surface area contributed by atoms with Crippen molar-refractivity contribution in [3.05, 3.63) is 78.4 Å². The molecule has 0 bridgehead atoms. The van der Waals surface area contributed by atoms with Crippen LogP contribution in [0.25, 0.3) is 11.1 Å². The van der Waals surface area contributed by atoms with Gasteiger partial charge in [-0.25, -0.2) is 4.39 Å². The number of pyridine rings is 1. The molecule has 1 N–H and O–H groups in total. The van der Waals surface area contributed by atoms with Gasteiger partial charge in [0, 0.05) is 37.0 Å². The van der Waals surface area contributed by atoms with E-state index in [1.54, 1.807) is 12.1 Å². The van der Waals surface area contributed by atoms with Crippen LogP contribution in [0.15, 0.2) is 67.0 Å². The average molecular weight is 350 g/mol. The molecule has 0 spiro atoms. The molecule has 0 saturated carbocycles. The van der Waals surface area contributed by atoms with Crippen molar-refractivity contribution in [2.24, 2.45) is 5.92 Å². The highest BCUT2D eigenvalue weighted by Gasteiger charge is 2.28. The normalized spacial score (nSPS) is 24.4. The fourth-order valence-corrected chi connectivity index (χ4v) is 3.62. The molecule has 1 aliphatic carbocycles. The number of hydrogen-bond acceptors (Lipinski definition) is 3. The zero-order valence-electron chi connectivity index (χ0n) is 14.6. The summed E-state index contributed by atoms with van der Waals surface area (Å²) in [4.78, 5) is 4.32. The quantitative estimate of drug-likeness (QED) is 0.874. The molecule has 0 radical (unpaired) electrons. The van der Waals surface area contributed by atoms with Gasteiger partial charge in [0.2, 0.25) is 0 Å². The maximum Gasteiger partial charge on any atom is 0.123 e. The molecule has 4 heteroatoms. The van der Waals surface area contributed by atoms with Crippen LogP contribution in [0.4, 0.5) is 4.39 Å². The van der Waals surface area contributed by atoms with Crippen molar-refractivity contribution in [1.29, 1.82) is 0 Å². The summed E-state index contributed by atoms with van der Waals surface area (Å²) in [6.45, 7) is 1.58. The molecule has 134 valence electrons. The van der Waals surface area contributed by atoms with E-state index >= 15 is 0 Å². The van der Waals surface area contributed by atoms with Gasteiger partial charge < -0.3 is 10.1 Å². The summed E-state index contributed by atoms with van der Waals surface area (Å²) in [7, 11) is 0. The van der Waals surface area contributed by atoms with Crippen LogP contribution in [0.3, 0.4) is 0 Å². The number of nitrogens with zero attached hydrogens (tertiary/aromatic N) is 1. The third kappa shape index (κ3) is 4.09. The van der Waals surface area contributed by atoms with E-state index in [0.29, 0.717) is 5.92 Å². The van der Waals surface area contributed by atoms with Gasteiger partial charge in [0.1, 0.15) is 5.82 Å². The van der Waals surface area contributed by atoms with Crippen LogP contribution in [-0.2, 0) is 11.3 Å². The summed E-state index contributed by atoms with van der Waals surface area (Å²) in [5.74, 6) is 0.311. The van der Waals surface area contributed by atoms with Gasteiger partial charge in [0.15, 0.2) is 0 Å². The Bertz CT molecular complexity index is 800. The Balaban J connectivity index is 1.31. The Labute approximate surface area is 153 Å². The summed E-state index contributed by atoms with van der Waals surface area (Å²) < 4.78 is 19.3. The Morgan fingerprint density at radius 1 is 1.04 bits per heavy atom. The van der Waals surface area contributed by atoms with E-state index in [-0.39, 0.29) is 18.0 Å². The number of aromatic nitrogens is 1. The molecule has 3 nitrogen and oxygen atoms in total. The predicted molar refractivity (Wildman–Crippen MR) is 101 cm³/mol. The van der Waals surface area contributed by atoms with Crippen LogP contribution in [0.1, 0.15) is 18.4 Å². The van der Waals surface area contributed by atoms with Gasteiger partial charge >= 0.3 is 0 Å². The maximum absolute atomic E-state index is 13.1. The summed E-state index contributed by atoms with van der Waals surface area (Å²) in [5.41, 5.74) is 3.08. The zero-order chi connectivity index (χ0) is 17.8. The van der Waals surface area contributed by atoms with E-state index < -0.39 is 0 Å². The smallest absolute Gasteiger partial charge is 0.123 e. The lowest BCUT2D eigenvalue weighted by atomic mass is 9.88. The van der Waals surface area contributed by atoms with Crippen molar-refractivity contribution in [1.82, 2.24) is 10.3 Å². The first-order valence-electron chi connectivity index (χ1n) is 9.19. The van der Waals surface area contributed by atoms with E-state index in [0.717, 1.165) is 36.2 Å². The van der Waals surface area contributed by atoms with E-state index in [1.807, 2.05) is 12.4 Å². The molecule has 1 aromatic heterocycles. The largest absolute Gasteiger partial charge is 0.369 e. The van der Waals surface area contributed by atoms with Gasteiger partial charge in [-0.05, 0) is 42.2 Å². The minimum Gasteiger partial charge on any atom is -0.369 e. The van der Waals surface area contributed by atoms with Gasteiger partial charge in [0.05, 0.1) is 12.2 Å². The summed E-state index contributed by atoms with van der Waals surface area (Å²) in [6.07, 6.45) is 15.0. The van der Waals surface area contributed by atoms with Gasteiger partial charge in [-0.2, -0.15) is 0 Å². The molecule has 3 atom stereocenters. The number of ether oxygens (including phenoxy) is 1. The van der Waals surface area contributed by atoms with Crippen molar-refractivity contribution in [2.45, 2.75) is 31.6 Å². The van der Waals surface area contributed by atoms with Crippen molar-refractivity contribution in [3.8, 4) is 11.1 Å². The highest BCUT2D eigenvalue weighted by molar-refractivity contribution is 5.62. The highest BCUT2D eigenvalue weighted by atomic mass is 19.1. The van der Waals surface area contributed by atoms with Gasteiger partial charge in [0.25, 0.3) is 0 Å². The Kier molecular flexibility index (Phi) is 5.23. The van der Waals surface area contributed by atoms with E-state index in [2.05, 4.69) is 40.7 Å². The lowest BCUT2D eigenvalue weighted by Gasteiger charge is -2.35. The molecule has 1 aromatic carbocycles. The van der Waals surface area contributed by atoms with Crippen molar-refractivity contribution < 1.29 is 9.13 Å². The predicted octanol–water partition coefficient (Wildman–Crippen LogP) is 4.27. The first-order chi connectivity index (χ1) is 12.8. The molecular weight excluding hydrogens is 327 g/mol. The molecule has 1 aliphatic heterocycles. The van der Waals surface area contributed by atoms with Crippen LogP contribution in [0.5, 0.6) is 0 Å². The van der Waals surface area contributed by atoms with Crippen molar-refractivity contribution in [3.63, 3.8) is 0 Å². The summed E-state index contributed by atoms with van der Waals surface area (Å²) in [5, 5.41) is 3.49. The third-order valence-electron chi connectivity index (χ3n) is 5.04. The standard InChI is InChI=1S/C22H23FN2O/c23-20-8-5-17(6-9-20)19-11-16(12-24-14-19)13-25-15-21-10-7-18-3-1-2-4-22(18)26-21/h1-6,8-9,11-12,14,18,21-22,25H,7,10,13,15H2/t18?,21-,22?/m1/s1. The minimum atomic E-state index is -0.224. The molecule has 1 fully saturated rings. The van der Waals surface area contributed by atoms with E-state index in [9.17, 15) is 4.39 Å². The Hall–Kier alpha value is -2.30. The second kappa shape index (κ2) is 7.94. The van der Waals surface area contributed by atoms with E-state index in [4.69, 9.17) is 4.74 Å². The fraction of sp³-hybridized carbons (Fsp3) is 0.318. The summed E-state index contributed by atoms with van der Waals surface area (Å²) in [6, 6.07) is 8.61. The Morgan fingerprint density at radius 2 is 1.88 bits per heavy atom. The maximum atomic E-state index is 13.1. The molecular formula is C22H23FN2O. The first kappa shape index (κ1) is 17.1. The SMILES string of the molecule is Fc1ccc(-c2cncc(CNC[C@H]3CCC4C=CC=CC4O3)c2)cc1. The van der Waals surface area contributed by atoms with Crippen LogP contribution >= 0.6 is 0 Å². The third-order valence-corrected chi connectivity index (χ3v) is 5.04. The monoisotopic (exact) mass is 350 g/mol. The van der Waals surface area contributed by atoms with Crippen LogP contribution in [0, 0.1) is 11.7 Å². The molecule has 2 aliphatic rings. The van der Waals surface area contributed by atoms with E-state index in [1.165, 1.54) is 18.6 Å². The first-order valence-corrected chi connectivity index (χ1v) is 9.19.